The smallest absolute Gasteiger partial charge is 0.195 e. The highest BCUT2D eigenvalue weighted by Gasteiger charge is 2.49. The van der Waals surface area contributed by atoms with Crippen molar-refractivity contribution in [3.8, 4) is 0 Å². The van der Waals surface area contributed by atoms with E-state index in [2.05, 4.69) is 0 Å². The number of hydrogen-bond donors (Lipinski definition) is 1. The zero-order chi connectivity index (χ0) is 11.9. The van der Waals surface area contributed by atoms with Gasteiger partial charge in [0.1, 0.15) is 0 Å². The Balaban J connectivity index is 2.42. The first-order valence-electron chi connectivity index (χ1n) is 4.90. The molecule has 0 amide bonds. The molecule has 0 bridgehead atoms. The van der Waals surface area contributed by atoms with E-state index in [0.717, 1.165) is 12.1 Å². The third-order valence-corrected chi connectivity index (χ3v) is 3.01. The second kappa shape index (κ2) is 3.59. The summed E-state index contributed by atoms with van der Waals surface area (Å²) in [6.45, 7) is 0.101. The topological polar surface area (TPSA) is 43.1 Å². The van der Waals surface area contributed by atoms with Crippen LogP contribution in [0.3, 0.4) is 0 Å². The molecule has 2 rings (SSSR count). The molecule has 16 heavy (non-hydrogen) atoms. The third-order valence-electron chi connectivity index (χ3n) is 3.01. The molecule has 5 heteroatoms. The second-order valence-corrected chi connectivity index (χ2v) is 4.04. The minimum Gasteiger partial charge on any atom is -0.329 e. The van der Waals surface area contributed by atoms with Gasteiger partial charge < -0.3 is 5.73 Å². The van der Waals surface area contributed by atoms with Gasteiger partial charge in [-0.2, -0.15) is 0 Å². The van der Waals surface area contributed by atoms with Crippen molar-refractivity contribution in [2.45, 2.75) is 12.8 Å². The number of ketones is 1. The van der Waals surface area contributed by atoms with E-state index in [-0.39, 0.29) is 6.54 Å². The van der Waals surface area contributed by atoms with Gasteiger partial charge in [0.15, 0.2) is 23.2 Å². The van der Waals surface area contributed by atoms with Crippen LogP contribution in [0.5, 0.6) is 0 Å². The summed E-state index contributed by atoms with van der Waals surface area (Å²) >= 11 is 0. The molecule has 1 aromatic rings. The van der Waals surface area contributed by atoms with Crippen LogP contribution in [-0.2, 0) is 0 Å². The van der Waals surface area contributed by atoms with Gasteiger partial charge in [0.25, 0.3) is 0 Å². The molecule has 1 aliphatic rings. The van der Waals surface area contributed by atoms with Crippen LogP contribution in [0.25, 0.3) is 0 Å². The van der Waals surface area contributed by atoms with E-state index >= 15 is 0 Å². The van der Waals surface area contributed by atoms with Crippen LogP contribution in [0.15, 0.2) is 12.1 Å². The molecule has 1 aliphatic carbocycles. The molecule has 1 fully saturated rings. The van der Waals surface area contributed by atoms with Crippen LogP contribution in [-0.4, -0.2) is 12.3 Å². The highest BCUT2D eigenvalue weighted by atomic mass is 19.2. The lowest BCUT2D eigenvalue weighted by Gasteiger charge is -2.11. The summed E-state index contributed by atoms with van der Waals surface area (Å²) in [5.74, 6) is -4.87. The molecule has 0 atom stereocenters. The van der Waals surface area contributed by atoms with E-state index in [1.807, 2.05) is 0 Å². The summed E-state index contributed by atoms with van der Waals surface area (Å²) in [5, 5.41) is 0. The monoisotopic (exact) mass is 229 g/mol. The SMILES string of the molecule is NCC1(C(=O)c2ccc(F)c(F)c2F)CC1. The average Bonchev–Trinajstić information content (AvgIpc) is 3.06. The Morgan fingerprint density at radius 1 is 1.25 bits per heavy atom. The quantitative estimate of drug-likeness (QED) is 0.636. The van der Waals surface area contributed by atoms with Crippen LogP contribution < -0.4 is 5.73 Å². The van der Waals surface area contributed by atoms with Gasteiger partial charge in [0.05, 0.1) is 5.56 Å². The van der Waals surface area contributed by atoms with Crippen molar-refractivity contribution in [2.75, 3.05) is 6.54 Å². The minimum absolute atomic E-state index is 0.101. The van der Waals surface area contributed by atoms with Crippen molar-refractivity contribution in [1.82, 2.24) is 0 Å². The standard InChI is InChI=1S/C11H10F3NO/c12-7-2-1-6(8(13)9(7)14)10(16)11(5-15)3-4-11/h1-2H,3-5,15H2. The Labute approximate surface area is 90.2 Å². The number of nitrogens with two attached hydrogens (primary N) is 1. The molecular formula is C11H10F3NO. The van der Waals surface area contributed by atoms with Gasteiger partial charge in [-0.25, -0.2) is 13.2 Å². The fourth-order valence-corrected chi connectivity index (χ4v) is 1.66. The summed E-state index contributed by atoms with van der Waals surface area (Å²) in [4.78, 5) is 11.8. The van der Waals surface area contributed by atoms with E-state index in [4.69, 9.17) is 5.73 Å². The molecule has 2 N–H and O–H groups in total. The Kier molecular flexibility index (Phi) is 2.50. The summed E-state index contributed by atoms with van der Waals surface area (Å²) in [7, 11) is 0. The first-order chi connectivity index (χ1) is 7.52. The van der Waals surface area contributed by atoms with Gasteiger partial charge in [-0.1, -0.05) is 0 Å². The lowest BCUT2D eigenvalue weighted by atomic mass is 9.94. The van der Waals surface area contributed by atoms with Crippen LogP contribution in [0.4, 0.5) is 13.2 Å². The van der Waals surface area contributed by atoms with Gasteiger partial charge in [0.2, 0.25) is 0 Å². The van der Waals surface area contributed by atoms with Crippen LogP contribution in [0.1, 0.15) is 23.2 Å². The Morgan fingerprint density at radius 2 is 1.88 bits per heavy atom. The molecular weight excluding hydrogens is 219 g/mol. The van der Waals surface area contributed by atoms with Gasteiger partial charge in [-0.15, -0.1) is 0 Å². The second-order valence-electron chi connectivity index (χ2n) is 4.04. The molecule has 0 saturated heterocycles. The predicted molar refractivity (Wildman–Crippen MR) is 51.4 cm³/mol. The summed E-state index contributed by atoms with van der Waals surface area (Å²) in [6.07, 6.45) is 1.14. The van der Waals surface area contributed by atoms with E-state index in [1.54, 1.807) is 0 Å². The van der Waals surface area contributed by atoms with Crippen LogP contribution >= 0.6 is 0 Å². The van der Waals surface area contributed by atoms with E-state index in [0.29, 0.717) is 12.8 Å². The maximum atomic E-state index is 13.3. The van der Waals surface area contributed by atoms with Gasteiger partial charge in [-0.3, -0.25) is 4.79 Å². The highest BCUT2D eigenvalue weighted by Crippen LogP contribution is 2.47. The average molecular weight is 229 g/mol. The number of Topliss-reactive ketones (excluding diaryl/α,β-unsaturated/α-hetero) is 1. The molecule has 0 spiro atoms. The normalized spacial score (nSPS) is 17.2. The van der Waals surface area contributed by atoms with E-state index < -0.39 is 34.2 Å². The summed E-state index contributed by atoms with van der Waals surface area (Å²) in [6, 6.07) is 1.71. The molecule has 0 heterocycles. The van der Waals surface area contributed by atoms with Crippen molar-refractivity contribution in [3.63, 3.8) is 0 Å². The van der Waals surface area contributed by atoms with E-state index in [9.17, 15) is 18.0 Å². The summed E-state index contributed by atoms with van der Waals surface area (Å²) < 4.78 is 38.9. The number of benzene rings is 1. The zero-order valence-electron chi connectivity index (χ0n) is 8.40. The molecule has 0 aliphatic heterocycles. The summed E-state index contributed by atoms with van der Waals surface area (Å²) in [5.41, 5.74) is 4.24. The van der Waals surface area contributed by atoms with E-state index in [1.165, 1.54) is 0 Å². The van der Waals surface area contributed by atoms with Crippen molar-refractivity contribution in [2.24, 2.45) is 11.1 Å². The maximum absolute atomic E-state index is 13.3. The Bertz CT molecular complexity index is 455. The molecule has 0 radical (unpaired) electrons. The fraction of sp³-hybridized carbons (Fsp3) is 0.364. The number of carbonyl (C=O) groups excluding carboxylic acids is 1. The third kappa shape index (κ3) is 1.51. The predicted octanol–water partition coefficient (Wildman–Crippen LogP) is 2.03. The molecule has 0 unspecified atom stereocenters. The maximum Gasteiger partial charge on any atom is 0.195 e. The number of halogens is 3. The minimum atomic E-state index is -1.61. The number of carbonyl (C=O) groups is 1. The zero-order valence-corrected chi connectivity index (χ0v) is 8.40. The molecule has 1 saturated carbocycles. The van der Waals surface area contributed by atoms with Crippen molar-refractivity contribution in [3.05, 3.63) is 35.1 Å². The van der Waals surface area contributed by atoms with Gasteiger partial charge >= 0.3 is 0 Å². The molecule has 86 valence electrons. The largest absolute Gasteiger partial charge is 0.329 e. The van der Waals surface area contributed by atoms with Gasteiger partial charge in [0, 0.05) is 12.0 Å². The number of rotatable bonds is 3. The molecule has 2 nitrogen and oxygen atoms in total. The van der Waals surface area contributed by atoms with Crippen molar-refractivity contribution < 1.29 is 18.0 Å². The lowest BCUT2D eigenvalue weighted by Crippen LogP contribution is -2.26. The lowest BCUT2D eigenvalue weighted by molar-refractivity contribution is 0.0900. The fourth-order valence-electron chi connectivity index (χ4n) is 1.66. The van der Waals surface area contributed by atoms with Crippen LogP contribution in [0, 0.1) is 22.9 Å². The Hall–Kier alpha value is -1.36. The molecule has 1 aromatic carbocycles. The number of hydrogen-bond acceptors (Lipinski definition) is 2. The van der Waals surface area contributed by atoms with Crippen LogP contribution in [0.2, 0.25) is 0 Å². The first-order valence-corrected chi connectivity index (χ1v) is 4.90. The van der Waals surface area contributed by atoms with Crippen molar-refractivity contribution in [1.29, 1.82) is 0 Å². The molecule has 0 aromatic heterocycles. The Morgan fingerprint density at radius 3 is 2.38 bits per heavy atom. The highest BCUT2D eigenvalue weighted by molar-refractivity contribution is 6.02. The first kappa shape index (κ1) is 11.1. The van der Waals surface area contributed by atoms with Gasteiger partial charge in [-0.05, 0) is 25.0 Å². The van der Waals surface area contributed by atoms with Crippen molar-refractivity contribution >= 4 is 5.78 Å².